The summed E-state index contributed by atoms with van der Waals surface area (Å²) in [6.07, 6.45) is 0. The van der Waals surface area contributed by atoms with E-state index in [1.165, 1.54) is 0 Å². The molecule has 1 saturated carbocycles. The molecule has 1 N–H and O–H groups in total. The summed E-state index contributed by atoms with van der Waals surface area (Å²) in [7, 11) is 0. The molecule has 0 saturated heterocycles. The third kappa shape index (κ3) is 2.00. The molecule has 0 bridgehead atoms. The zero-order valence-corrected chi connectivity index (χ0v) is 10.8. The van der Waals surface area contributed by atoms with Crippen LogP contribution in [-0.2, 0) is 4.79 Å². The predicted molar refractivity (Wildman–Crippen MR) is 64.8 cm³/mol. The number of aliphatic carboxylic acids is 1. The molecule has 1 aliphatic rings. The first-order valence-electron chi connectivity index (χ1n) is 4.40. The molecule has 6 heteroatoms. The number of carboxylic acids is 1. The van der Waals surface area contributed by atoms with Crippen molar-refractivity contribution in [2.24, 2.45) is 5.92 Å². The van der Waals surface area contributed by atoms with Crippen LogP contribution in [0.15, 0.2) is 18.2 Å². The van der Waals surface area contributed by atoms with Crippen LogP contribution in [-0.4, -0.2) is 15.4 Å². The van der Waals surface area contributed by atoms with Gasteiger partial charge in [0.2, 0.25) is 0 Å². The second kappa shape index (κ2) is 3.95. The van der Waals surface area contributed by atoms with Crippen LogP contribution < -0.4 is 0 Å². The summed E-state index contributed by atoms with van der Waals surface area (Å²) in [6.45, 7) is 0. The number of halogens is 4. The molecule has 16 heavy (non-hydrogen) atoms. The first kappa shape index (κ1) is 12.3. The van der Waals surface area contributed by atoms with Gasteiger partial charge in [-0.15, -0.1) is 0 Å². The first-order chi connectivity index (χ1) is 7.34. The largest absolute Gasteiger partial charge is 0.481 e. The maximum Gasteiger partial charge on any atom is 0.310 e. The highest BCUT2D eigenvalue weighted by Gasteiger charge is 2.68. The number of carbonyl (C=O) groups is 1. The molecule has 1 aliphatic carbocycles. The van der Waals surface area contributed by atoms with E-state index >= 15 is 0 Å². The molecule has 1 aromatic rings. The molecule has 0 aliphatic heterocycles. The molecule has 86 valence electrons. The van der Waals surface area contributed by atoms with Crippen molar-refractivity contribution >= 4 is 52.4 Å². The Labute approximate surface area is 112 Å². The molecule has 0 heterocycles. The van der Waals surface area contributed by atoms with Crippen LogP contribution in [0.4, 0.5) is 0 Å². The smallest absolute Gasteiger partial charge is 0.310 e. The Morgan fingerprint density at radius 3 is 2.06 bits per heavy atom. The summed E-state index contributed by atoms with van der Waals surface area (Å²) in [5.74, 6) is -2.30. The predicted octanol–water partition coefficient (Wildman–Crippen LogP) is 3.97. The molecule has 0 amide bonds. The Balaban J connectivity index is 2.37. The summed E-state index contributed by atoms with van der Waals surface area (Å²) < 4.78 is -1.28. The Morgan fingerprint density at radius 1 is 1.19 bits per heavy atom. The minimum absolute atomic E-state index is 0.433. The number of hydrogen-bond acceptors (Lipinski definition) is 1. The van der Waals surface area contributed by atoms with Gasteiger partial charge in [-0.05, 0) is 23.8 Å². The van der Waals surface area contributed by atoms with Crippen LogP contribution in [0.1, 0.15) is 11.5 Å². The molecule has 0 aromatic heterocycles. The van der Waals surface area contributed by atoms with E-state index in [0.717, 1.165) is 0 Å². The van der Waals surface area contributed by atoms with Crippen LogP contribution in [0, 0.1) is 5.92 Å². The average molecular weight is 300 g/mol. The lowest BCUT2D eigenvalue weighted by Crippen LogP contribution is -2.03. The second-order valence-electron chi connectivity index (χ2n) is 3.67. The van der Waals surface area contributed by atoms with E-state index in [0.29, 0.717) is 15.6 Å². The van der Waals surface area contributed by atoms with Crippen LogP contribution in [0.3, 0.4) is 0 Å². The quantitative estimate of drug-likeness (QED) is 0.839. The van der Waals surface area contributed by atoms with Crippen LogP contribution in [0.2, 0.25) is 10.0 Å². The van der Waals surface area contributed by atoms with Gasteiger partial charge in [-0.3, -0.25) is 4.79 Å². The van der Waals surface area contributed by atoms with Crippen molar-refractivity contribution in [2.45, 2.75) is 10.3 Å². The van der Waals surface area contributed by atoms with Gasteiger partial charge in [-0.1, -0.05) is 46.4 Å². The van der Waals surface area contributed by atoms with Gasteiger partial charge < -0.3 is 5.11 Å². The minimum Gasteiger partial charge on any atom is -0.481 e. The minimum atomic E-state index is -1.28. The fourth-order valence-corrected chi connectivity index (χ4v) is 3.16. The molecular formula is C10H6Cl4O2. The zero-order chi connectivity index (χ0) is 12.1. The van der Waals surface area contributed by atoms with Gasteiger partial charge >= 0.3 is 5.97 Å². The monoisotopic (exact) mass is 298 g/mol. The lowest BCUT2D eigenvalue weighted by atomic mass is 10.1. The summed E-state index contributed by atoms with van der Waals surface area (Å²) in [4.78, 5) is 10.9. The Morgan fingerprint density at radius 2 is 1.69 bits per heavy atom. The number of rotatable bonds is 2. The van der Waals surface area contributed by atoms with E-state index in [1.807, 2.05) is 0 Å². The lowest BCUT2D eigenvalue weighted by Gasteiger charge is -2.02. The number of hydrogen-bond donors (Lipinski definition) is 1. The number of benzene rings is 1. The van der Waals surface area contributed by atoms with Gasteiger partial charge in [-0.25, -0.2) is 0 Å². The van der Waals surface area contributed by atoms with Gasteiger partial charge in [-0.2, -0.15) is 0 Å². The van der Waals surface area contributed by atoms with E-state index in [9.17, 15) is 4.79 Å². The molecule has 2 atom stereocenters. The highest BCUT2D eigenvalue weighted by atomic mass is 35.5. The van der Waals surface area contributed by atoms with Crippen LogP contribution >= 0.6 is 46.4 Å². The zero-order valence-electron chi connectivity index (χ0n) is 7.75. The third-order valence-corrected chi connectivity index (χ3v) is 3.94. The number of alkyl halides is 2. The third-order valence-electron chi connectivity index (χ3n) is 2.56. The van der Waals surface area contributed by atoms with E-state index in [1.54, 1.807) is 18.2 Å². The van der Waals surface area contributed by atoms with E-state index < -0.39 is 22.1 Å². The molecule has 2 nitrogen and oxygen atoms in total. The number of carboxylic acid groups (broad SMARTS) is 1. The highest BCUT2D eigenvalue weighted by molar-refractivity contribution is 6.53. The van der Waals surface area contributed by atoms with Gasteiger partial charge in [0, 0.05) is 16.0 Å². The second-order valence-corrected chi connectivity index (χ2v) is 5.99. The van der Waals surface area contributed by atoms with Gasteiger partial charge in [0.05, 0.1) is 5.92 Å². The molecular weight excluding hydrogens is 294 g/mol. The van der Waals surface area contributed by atoms with Gasteiger partial charge in [0.25, 0.3) is 0 Å². The lowest BCUT2D eigenvalue weighted by molar-refractivity contribution is -0.138. The van der Waals surface area contributed by atoms with Crippen molar-refractivity contribution in [3.8, 4) is 0 Å². The average Bonchev–Trinajstić information content (AvgIpc) is 2.67. The summed E-state index contributed by atoms with van der Waals surface area (Å²) in [5.41, 5.74) is 0.648. The van der Waals surface area contributed by atoms with Crippen LogP contribution in [0.25, 0.3) is 0 Å². The SMILES string of the molecule is O=C(O)[C@H]1C(c2cc(Cl)cc(Cl)c2)C1(Cl)Cl. The van der Waals surface area contributed by atoms with E-state index in [2.05, 4.69) is 0 Å². The maximum absolute atomic E-state index is 10.9. The van der Waals surface area contributed by atoms with Crippen molar-refractivity contribution < 1.29 is 9.90 Å². The first-order valence-corrected chi connectivity index (χ1v) is 5.92. The topological polar surface area (TPSA) is 37.3 Å². The van der Waals surface area contributed by atoms with Crippen molar-refractivity contribution in [1.29, 1.82) is 0 Å². The maximum atomic E-state index is 10.9. The molecule has 2 rings (SSSR count). The molecule has 0 spiro atoms. The molecule has 1 fully saturated rings. The Hall–Kier alpha value is -0.150. The highest BCUT2D eigenvalue weighted by Crippen LogP contribution is 2.65. The van der Waals surface area contributed by atoms with Crippen molar-refractivity contribution in [3.63, 3.8) is 0 Å². The molecule has 1 unspecified atom stereocenters. The Kier molecular flexibility index (Phi) is 3.04. The molecule has 0 radical (unpaired) electrons. The van der Waals surface area contributed by atoms with Crippen molar-refractivity contribution in [3.05, 3.63) is 33.8 Å². The normalized spacial score (nSPS) is 26.5. The van der Waals surface area contributed by atoms with E-state index in [4.69, 9.17) is 51.5 Å². The standard InChI is InChI=1S/C10H6Cl4O2/c11-5-1-4(2-6(12)3-5)7-8(9(15)16)10(7,13)14/h1-3,7-8H,(H,15,16)/t7?,8-/m1/s1. The Bertz CT molecular complexity index is 438. The summed E-state index contributed by atoms with van der Waals surface area (Å²) >= 11 is 23.5. The van der Waals surface area contributed by atoms with Crippen molar-refractivity contribution in [2.75, 3.05) is 0 Å². The van der Waals surface area contributed by atoms with Crippen LogP contribution in [0.5, 0.6) is 0 Å². The summed E-state index contributed by atoms with van der Waals surface area (Å²) in [5, 5.41) is 9.79. The van der Waals surface area contributed by atoms with Crippen molar-refractivity contribution in [1.82, 2.24) is 0 Å². The fraction of sp³-hybridized carbons (Fsp3) is 0.300. The summed E-state index contributed by atoms with van der Waals surface area (Å²) in [6, 6.07) is 4.82. The van der Waals surface area contributed by atoms with Gasteiger partial charge in [0.1, 0.15) is 4.33 Å². The fourth-order valence-electron chi connectivity index (χ4n) is 1.80. The molecule has 1 aromatic carbocycles. The van der Waals surface area contributed by atoms with E-state index in [-0.39, 0.29) is 0 Å². The van der Waals surface area contributed by atoms with Gasteiger partial charge in [0.15, 0.2) is 0 Å².